The van der Waals surface area contributed by atoms with E-state index in [-0.39, 0.29) is 15.3 Å². The fourth-order valence-electron chi connectivity index (χ4n) is 8.73. The molecular weight excluding hydrogens is 503 g/mol. The second-order valence-electron chi connectivity index (χ2n) is 12.4. The lowest BCUT2D eigenvalue weighted by Gasteiger charge is -2.59. The monoisotopic (exact) mass is 539 g/mol. The number of sulfone groups is 1. The number of hydrogen-bond donors (Lipinski definition) is 0. The van der Waals surface area contributed by atoms with Gasteiger partial charge in [0.25, 0.3) is 5.03 Å². The van der Waals surface area contributed by atoms with Crippen molar-refractivity contribution in [1.82, 2.24) is 0 Å². The SMILES string of the molecule is [C-]#[N+]/C(=C1\CC[C@H]2[C@@H]3CCC4=CC5(CCSS5)CC[C@]4(C)[C@H]3CC[C@]12C)S(=O)(=O)c1ccc(C)cc1. The van der Waals surface area contributed by atoms with Crippen LogP contribution in [0.3, 0.4) is 0 Å². The average Bonchev–Trinajstić information content (AvgIpc) is 3.45. The molecule has 6 atom stereocenters. The topological polar surface area (TPSA) is 38.5 Å². The number of allylic oxidation sites excluding steroid dienone is 2. The van der Waals surface area contributed by atoms with Gasteiger partial charge in [0, 0.05) is 10.5 Å². The van der Waals surface area contributed by atoms with Gasteiger partial charge in [-0.3, -0.25) is 0 Å². The highest BCUT2D eigenvalue weighted by Crippen LogP contribution is 2.69. The first-order chi connectivity index (χ1) is 17.1. The normalized spacial score (nSPS) is 41.2. The second-order valence-corrected chi connectivity index (χ2v) is 17.1. The van der Waals surface area contributed by atoms with Crippen molar-refractivity contribution in [2.75, 3.05) is 5.75 Å². The van der Waals surface area contributed by atoms with E-state index in [0.717, 1.165) is 36.8 Å². The molecule has 0 N–H and O–H groups in total. The summed E-state index contributed by atoms with van der Waals surface area (Å²) in [4.78, 5) is 3.98. The molecular formula is C30H37NO2S3. The van der Waals surface area contributed by atoms with E-state index in [2.05, 4.69) is 46.4 Å². The van der Waals surface area contributed by atoms with E-state index >= 15 is 0 Å². The molecule has 1 heterocycles. The van der Waals surface area contributed by atoms with Gasteiger partial charge in [-0.25, -0.2) is 13.3 Å². The maximum Gasteiger partial charge on any atom is 0.282 e. The first kappa shape index (κ1) is 25.1. The Balaban J connectivity index is 1.34. The highest BCUT2D eigenvalue weighted by molar-refractivity contribution is 8.77. The number of fused-ring (bicyclic) bond motifs is 5. The summed E-state index contributed by atoms with van der Waals surface area (Å²) in [5.41, 5.74) is 3.80. The van der Waals surface area contributed by atoms with Crippen LogP contribution in [-0.4, -0.2) is 18.9 Å². The minimum absolute atomic E-state index is 0.0211. The minimum Gasteiger partial charge on any atom is -0.230 e. The first-order valence-electron chi connectivity index (χ1n) is 13.6. The Morgan fingerprint density at radius 2 is 1.72 bits per heavy atom. The lowest BCUT2D eigenvalue weighted by molar-refractivity contribution is -0.0268. The molecule has 0 bridgehead atoms. The molecule has 6 rings (SSSR count). The van der Waals surface area contributed by atoms with Gasteiger partial charge in [-0.1, -0.05) is 64.8 Å². The Hall–Kier alpha value is -1.16. The van der Waals surface area contributed by atoms with Gasteiger partial charge in [0.05, 0.1) is 11.5 Å². The van der Waals surface area contributed by atoms with Gasteiger partial charge in [-0.2, -0.15) is 0 Å². The maximum atomic E-state index is 13.6. The molecule has 4 fully saturated rings. The number of hydrogen-bond acceptors (Lipinski definition) is 4. The quantitative estimate of drug-likeness (QED) is 0.215. The Morgan fingerprint density at radius 3 is 2.42 bits per heavy atom. The molecule has 192 valence electrons. The van der Waals surface area contributed by atoms with Gasteiger partial charge in [0.1, 0.15) is 0 Å². The van der Waals surface area contributed by atoms with Crippen LogP contribution in [0.25, 0.3) is 4.85 Å². The number of rotatable bonds is 2. The van der Waals surface area contributed by atoms with Gasteiger partial charge in [0.15, 0.2) is 0 Å². The van der Waals surface area contributed by atoms with Gasteiger partial charge >= 0.3 is 0 Å². The molecule has 0 aromatic heterocycles. The van der Waals surface area contributed by atoms with Gasteiger partial charge in [-0.15, -0.1) is 0 Å². The summed E-state index contributed by atoms with van der Waals surface area (Å²) in [6.07, 6.45) is 13.0. The molecule has 3 nitrogen and oxygen atoms in total. The van der Waals surface area contributed by atoms with Crippen LogP contribution >= 0.6 is 21.6 Å². The molecule has 1 saturated heterocycles. The van der Waals surface area contributed by atoms with E-state index in [1.807, 2.05) is 19.1 Å². The van der Waals surface area contributed by atoms with E-state index in [9.17, 15) is 8.42 Å². The van der Waals surface area contributed by atoms with Crippen LogP contribution < -0.4 is 0 Å². The van der Waals surface area contributed by atoms with E-state index in [1.165, 1.54) is 37.9 Å². The fraction of sp³-hybridized carbons (Fsp3) is 0.633. The average molecular weight is 540 g/mol. The Morgan fingerprint density at radius 1 is 0.972 bits per heavy atom. The predicted molar refractivity (Wildman–Crippen MR) is 151 cm³/mol. The standard InChI is InChI=1S/C30H37NO2S3/c1-20-5-8-22(9-6-20)36(32,33)27(31-4)26-12-11-24-23-10-7-21-19-30(17-18-34-35-30)16-15-28(21,2)25(23)13-14-29(24,26)3/h5-6,8-9,19,23-25H,7,10-18H2,1-3H3/b27-26-/t23-,24-,25-,28-,29-,30?/m0/s1. The summed E-state index contributed by atoms with van der Waals surface area (Å²) in [5, 5.41) is 0.0211. The van der Waals surface area contributed by atoms with E-state index < -0.39 is 9.84 Å². The molecule has 3 saturated carbocycles. The highest BCUT2D eigenvalue weighted by Gasteiger charge is 2.59. The van der Waals surface area contributed by atoms with Gasteiger partial charge < -0.3 is 0 Å². The zero-order valence-corrected chi connectivity index (χ0v) is 24.1. The van der Waals surface area contributed by atoms with Crippen molar-refractivity contribution in [2.24, 2.45) is 28.6 Å². The van der Waals surface area contributed by atoms with E-state index in [0.29, 0.717) is 27.9 Å². The van der Waals surface area contributed by atoms with Crippen LogP contribution in [0.5, 0.6) is 0 Å². The van der Waals surface area contributed by atoms with Crippen LogP contribution in [0.15, 0.2) is 51.4 Å². The van der Waals surface area contributed by atoms with Gasteiger partial charge in [0.2, 0.25) is 9.84 Å². The summed E-state index contributed by atoms with van der Waals surface area (Å²) >= 11 is 0. The fourth-order valence-corrected chi connectivity index (χ4v) is 13.5. The third-order valence-corrected chi connectivity index (χ3v) is 15.7. The molecule has 1 aromatic carbocycles. The molecule has 1 aromatic rings. The Kier molecular flexibility index (Phi) is 6.06. The molecule has 6 heteroatoms. The summed E-state index contributed by atoms with van der Waals surface area (Å²) in [6, 6.07) is 6.98. The molecule has 36 heavy (non-hydrogen) atoms. The summed E-state index contributed by atoms with van der Waals surface area (Å²) in [7, 11) is 0.371. The minimum atomic E-state index is -3.80. The summed E-state index contributed by atoms with van der Waals surface area (Å²) in [6.45, 7) is 14.8. The largest absolute Gasteiger partial charge is 0.282 e. The molecule has 0 amide bonds. The molecule has 1 spiro atoms. The molecule has 4 aliphatic carbocycles. The number of aryl methyl sites for hydroxylation is 1. The Bertz CT molecular complexity index is 1280. The molecule has 5 aliphatic rings. The van der Waals surface area contributed by atoms with Gasteiger partial charge in [-0.05, 0) is 111 Å². The zero-order valence-electron chi connectivity index (χ0n) is 21.7. The Labute approximate surface area is 225 Å². The van der Waals surface area contributed by atoms with Crippen LogP contribution in [0.4, 0.5) is 0 Å². The molecule has 1 unspecified atom stereocenters. The summed E-state index contributed by atoms with van der Waals surface area (Å²) in [5.74, 6) is 3.09. The second kappa shape index (κ2) is 8.68. The number of benzene rings is 1. The van der Waals surface area contributed by atoms with Crippen molar-refractivity contribution in [1.29, 1.82) is 0 Å². The lowest BCUT2D eigenvalue weighted by Crippen LogP contribution is -2.50. The van der Waals surface area contributed by atoms with E-state index in [4.69, 9.17) is 6.57 Å². The first-order valence-corrected chi connectivity index (χ1v) is 17.4. The predicted octanol–water partition coefficient (Wildman–Crippen LogP) is 8.39. The van der Waals surface area contributed by atoms with Crippen molar-refractivity contribution in [2.45, 2.75) is 88.2 Å². The highest BCUT2D eigenvalue weighted by atomic mass is 33.1. The zero-order chi connectivity index (χ0) is 25.3. The van der Waals surface area contributed by atoms with Crippen molar-refractivity contribution >= 4 is 31.4 Å². The summed E-state index contributed by atoms with van der Waals surface area (Å²) < 4.78 is 27.7. The van der Waals surface area contributed by atoms with Crippen LogP contribution in [0, 0.1) is 42.1 Å². The molecule has 1 aliphatic heterocycles. The van der Waals surface area contributed by atoms with Crippen LogP contribution in [0.1, 0.15) is 77.2 Å². The van der Waals surface area contributed by atoms with Crippen molar-refractivity contribution < 1.29 is 8.42 Å². The van der Waals surface area contributed by atoms with Crippen molar-refractivity contribution in [3.05, 3.63) is 63.5 Å². The van der Waals surface area contributed by atoms with Crippen molar-refractivity contribution in [3.8, 4) is 0 Å². The number of nitrogens with zero attached hydrogens (tertiary/aromatic N) is 1. The van der Waals surface area contributed by atoms with Crippen molar-refractivity contribution in [3.63, 3.8) is 0 Å². The third kappa shape index (κ3) is 3.62. The third-order valence-electron chi connectivity index (χ3n) is 10.8. The van der Waals surface area contributed by atoms with Crippen LogP contribution in [0.2, 0.25) is 0 Å². The van der Waals surface area contributed by atoms with Crippen LogP contribution in [-0.2, 0) is 9.84 Å². The maximum absolute atomic E-state index is 13.6. The lowest BCUT2D eigenvalue weighted by atomic mass is 9.47. The molecule has 0 radical (unpaired) electrons. The smallest absolute Gasteiger partial charge is 0.230 e. The van der Waals surface area contributed by atoms with E-state index in [1.54, 1.807) is 17.7 Å².